The summed E-state index contributed by atoms with van der Waals surface area (Å²) in [7, 11) is 0. The van der Waals surface area contributed by atoms with Crippen molar-refractivity contribution < 1.29 is 9.18 Å². The number of aryl methyl sites for hydroxylation is 1. The Kier molecular flexibility index (Phi) is 4.75. The van der Waals surface area contributed by atoms with Crippen LogP contribution in [-0.2, 0) is 16.8 Å². The maximum Gasteiger partial charge on any atom is 0.221 e. The second-order valence-electron chi connectivity index (χ2n) is 6.30. The van der Waals surface area contributed by atoms with Crippen LogP contribution in [0.1, 0.15) is 43.2 Å². The lowest BCUT2D eigenvalue weighted by atomic mass is 9.87. The summed E-state index contributed by atoms with van der Waals surface area (Å²) in [4.78, 5) is 12.4. The average molecular weight is 311 g/mol. The smallest absolute Gasteiger partial charge is 0.221 e. The first-order valence-corrected chi connectivity index (χ1v) is 8.30. The van der Waals surface area contributed by atoms with Crippen molar-refractivity contribution in [3.63, 3.8) is 0 Å². The molecule has 1 aliphatic rings. The van der Waals surface area contributed by atoms with E-state index in [2.05, 4.69) is 5.32 Å². The van der Waals surface area contributed by atoms with Crippen LogP contribution in [0.25, 0.3) is 0 Å². The summed E-state index contributed by atoms with van der Waals surface area (Å²) in [6, 6.07) is 16.8. The molecule has 0 unspecified atom stereocenters. The summed E-state index contributed by atoms with van der Waals surface area (Å²) in [5.74, 6) is -0.225. The van der Waals surface area contributed by atoms with Crippen molar-refractivity contribution in [3.05, 3.63) is 71.5 Å². The Bertz CT molecular complexity index is 662. The Hall–Kier alpha value is -2.16. The van der Waals surface area contributed by atoms with Gasteiger partial charge < -0.3 is 5.32 Å². The SMILES string of the molecule is O=C(CCc1ccccc1)NC1(c2ccccc2F)CCCC1. The van der Waals surface area contributed by atoms with Gasteiger partial charge >= 0.3 is 0 Å². The predicted octanol–water partition coefficient (Wildman–Crippen LogP) is 4.34. The van der Waals surface area contributed by atoms with Gasteiger partial charge in [-0.1, -0.05) is 61.4 Å². The summed E-state index contributed by atoms with van der Waals surface area (Å²) in [5, 5.41) is 3.14. The third-order valence-corrected chi connectivity index (χ3v) is 4.71. The summed E-state index contributed by atoms with van der Waals surface area (Å²) in [6.45, 7) is 0. The number of carbonyl (C=O) groups is 1. The van der Waals surface area contributed by atoms with Crippen LogP contribution in [-0.4, -0.2) is 5.91 Å². The Labute approximate surface area is 136 Å². The van der Waals surface area contributed by atoms with E-state index in [1.54, 1.807) is 12.1 Å². The van der Waals surface area contributed by atoms with Crippen molar-refractivity contribution in [2.24, 2.45) is 0 Å². The summed E-state index contributed by atoms with van der Waals surface area (Å²) in [5.41, 5.74) is 1.25. The van der Waals surface area contributed by atoms with Crippen molar-refractivity contribution in [3.8, 4) is 0 Å². The van der Waals surface area contributed by atoms with Gasteiger partial charge in [0.15, 0.2) is 0 Å². The number of nitrogens with one attached hydrogen (secondary N) is 1. The lowest BCUT2D eigenvalue weighted by Crippen LogP contribution is -2.44. The van der Waals surface area contributed by atoms with E-state index in [1.165, 1.54) is 6.07 Å². The predicted molar refractivity (Wildman–Crippen MR) is 89.5 cm³/mol. The molecule has 0 radical (unpaired) electrons. The highest BCUT2D eigenvalue weighted by Crippen LogP contribution is 2.39. The number of benzene rings is 2. The zero-order chi connectivity index (χ0) is 16.1. The molecule has 0 aliphatic heterocycles. The van der Waals surface area contributed by atoms with Crippen molar-refractivity contribution >= 4 is 5.91 Å². The van der Waals surface area contributed by atoms with Gasteiger partial charge in [0.25, 0.3) is 0 Å². The lowest BCUT2D eigenvalue weighted by molar-refractivity contribution is -0.123. The number of carbonyl (C=O) groups excluding carboxylic acids is 1. The zero-order valence-corrected chi connectivity index (χ0v) is 13.2. The minimum absolute atomic E-state index is 0.000920. The molecule has 120 valence electrons. The normalized spacial score (nSPS) is 16.2. The molecule has 2 aromatic rings. The molecule has 1 amide bonds. The number of rotatable bonds is 5. The molecule has 1 fully saturated rings. The largest absolute Gasteiger partial charge is 0.346 e. The molecule has 1 N–H and O–H groups in total. The van der Waals surface area contributed by atoms with Crippen LogP contribution in [0.3, 0.4) is 0 Å². The van der Waals surface area contributed by atoms with E-state index in [0.29, 0.717) is 18.4 Å². The number of amides is 1. The standard InChI is InChI=1S/C20H22FNO/c21-18-11-5-4-10-17(18)20(14-6-7-15-20)22-19(23)13-12-16-8-2-1-3-9-16/h1-5,8-11H,6-7,12-15H2,(H,22,23). The molecule has 0 saturated heterocycles. The van der Waals surface area contributed by atoms with Crippen LogP contribution in [0.4, 0.5) is 4.39 Å². The van der Waals surface area contributed by atoms with Gasteiger partial charge in [0.2, 0.25) is 5.91 Å². The Morgan fingerprint density at radius 2 is 1.65 bits per heavy atom. The van der Waals surface area contributed by atoms with Crippen molar-refractivity contribution in [1.82, 2.24) is 5.32 Å². The van der Waals surface area contributed by atoms with E-state index in [-0.39, 0.29) is 11.7 Å². The quantitative estimate of drug-likeness (QED) is 0.874. The van der Waals surface area contributed by atoms with Gasteiger partial charge in [-0.05, 0) is 30.9 Å². The van der Waals surface area contributed by atoms with Crippen molar-refractivity contribution in [1.29, 1.82) is 0 Å². The van der Waals surface area contributed by atoms with Gasteiger partial charge in [-0.15, -0.1) is 0 Å². The van der Waals surface area contributed by atoms with Gasteiger partial charge in [0, 0.05) is 12.0 Å². The second kappa shape index (κ2) is 6.95. The molecule has 2 aromatic carbocycles. The molecule has 0 bridgehead atoms. The van der Waals surface area contributed by atoms with Crippen LogP contribution in [0.2, 0.25) is 0 Å². The van der Waals surface area contributed by atoms with Crippen molar-refractivity contribution in [2.75, 3.05) is 0 Å². The van der Waals surface area contributed by atoms with Gasteiger partial charge in [-0.25, -0.2) is 4.39 Å². The Morgan fingerprint density at radius 1 is 1.00 bits per heavy atom. The van der Waals surface area contributed by atoms with Gasteiger partial charge in [-0.3, -0.25) is 4.79 Å². The van der Waals surface area contributed by atoms with Crippen LogP contribution < -0.4 is 5.32 Å². The highest BCUT2D eigenvalue weighted by atomic mass is 19.1. The van der Waals surface area contributed by atoms with E-state index in [4.69, 9.17) is 0 Å². The lowest BCUT2D eigenvalue weighted by Gasteiger charge is -2.31. The zero-order valence-electron chi connectivity index (χ0n) is 13.2. The Morgan fingerprint density at radius 3 is 2.35 bits per heavy atom. The molecule has 3 rings (SSSR count). The van der Waals surface area contributed by atoms with E-state index in [1.807, 2.05) is 36.4 Å². The van der Waals surface area contributed by atoms with Crippen LogP contribution in [0, 0.1) is 5.82 Å². The van der Waals surface area contributed by atoms with Crippen molar-refractivity contribution in [2.45, 2.75) is 44.1 Å². The van der Waals surface area contributed by atoms with Gasteiger partial charge in [0.1, 0.15) is 5.82 Å². The maximum atomic E-state index is 14.2. The monoisotopic (exact) mass is 311 g/mol. The number of hydrogen-bond acceptors (Lipinski definition) is 1. The van der Waals surface area contributed by atoms with E-state index in [9.17, 15) is 9.18 Å². The first-order chi connectivity index (χ1) is 11.2. The van der Waals surface area contributed by atoms with Crippen LogP contribution in [0.5, 0.6) is 0 Å². The highest BCUT2D eigenvalue weighted by molar-refractivity contribution is 5.77. The van der Waals surface area contributed by atoms with Crippen LogP contribution >= 0.6 is 0 Å². The number of hydrogen-bond donors (Lipinski definition) is 1. The fraction of sp³-hybridized carbons (Fsp3) is 0.350. The molecule has 0 spiro atoms. The minimum atomic E-state index is -0.529. The molecular formula is C20H22FNO. The third kappa shape index (κ3) is 3.61. The molecule has 1 saturated carbocycles. The minimum Gasteiger partial charge on any atom is -0.346 e. The van der Waals surface area contributed by atoms with E-state index in [0.717, 1.165) is 31.2 Å². The first kappa shape index (κ1) is 15.7. The van der Waals surface area contributed by atoms with E-state index < -0.39 is 5.54 Å². The average Bonchev–Trinajstić information content (AvgIpc) is 3.04. The molecule has 1 aliphatic carbocycles. The maximum absolute atomic E-state index is 14.2. The summed E-state index contributed by atoms with van der Waals surface area (Å²) in [6.07, 6.45) is 4.80. The molecule has 23 heavy (non-hydrogen) atoms. The van der Waals surface area contributed by atoms with E-state index >= 15 is 0 Å². The molecule has 0 atom stereocenters. The first-order valence-electron chi connectivity index (χ1n) is 8.30. The van der Waals surface area contributed by atoms with Gasteiger partial charge in [-0.2, -0.15) is 0 Å². The number of halogens is 1. The fourth-order valence-electron chi connectivity index (χ4n) is 3.52. The summed E-state index contributed by atoms with van der Waals surface area (Å²) >= 11 is 0. The topological polar surface area (TPSA) is 29.1 Å². The highest BCUT2D eigenvalue weighted by Gasteiger charge is 2.38. The second-order valence-corrected chi connectivity index (χ2v) is 6.30. The molecule has 0 aromatic heterocycles. The molecule has 3 heteroatoms. The molecular weight excluding hydrogens is 289 g/mol. The summed E-state index contributed by atoms with van der Waals surface area (Å²) < 4.78 is 14.2. The molecule has 0 heterocycles. The third-order valence-electron chi connectivity index (χ3n) is 4.71. The fourth-order valence-corrected chi connectivity index (χ4v) is 3.52. The molecule has 2 nitrogen and oxygen atoms in total. The van der Waals surface area contributed by atoms with Gasteiger partial charge in [0.05, 0.1) is 5.54 Å². The van der Waals surface area contributed by atoms with Crippen LogP contribution in [0.15, 0.2) is 54.6 Å². The Balaban J connectivity index is 1.70.